The molecule has 10 heteroatoms. The molecule has 35 heavy (non-hydrogen) atoms. The first-order valence-electron chi connectivity index (χ1n) is 11.4. The Morgan fingerprint density at radius 3 is 2.37 bits per heavy atom. The Morgan fingerprint density at radius 2 is 1.63 bits per heavy atom. The van der Waals surface area contributed by atoms with Crippen molar-refractivity contribution in [2.24, 2.45) is 17.8 Å². The van der Waals surface area contributed by atoms with Crippen LogP contribution in [0.15, 0.2) is 30.5 Å². The molecule has 0 spiro atoms. The number of carboxylic acid groups (broad SMARTS) is 1. The first-order chi connectivity index (χ1) is 16.8. The smallest absolute Gasteiger partial charge is 0.308 e. The maximum atomic E-state index is 14.2. The molecule has 3 aliphatic carbocycles. The number of aromatic nitrogens is 3. The first kappa shape index (κ1) is 21.8. The number of benzene rings is 2. The highest BCUT2D eigenvalue weighted by Crippen LogP contribution is 2.47. The predicted molar refractivity (Wildman–Crippen MR) is 121 cm³/mol. The molecule has 3 fully saturated rings. The zero-order chi connectivity index (χ0) is 24.4. The lowest BCUT2D eigenvalue weighted by molar-refractivity contribution is -0.148. The van der Waals surface area contributed by atoms with E-state index >= 15 is 0 Å². The van der Waals surface area contributed by atoms with E-state index in [1.54, 1.807) is 0 Å². The number of nitrogens with one attached hydrogen (secondary N) is 2. The van der Waals surface area contributed by atoms with E-state index in [0.717, 1.165) is 49.9 Å². The summed E-state index contributed by atoms with van der Waals surface area (Å²) in [6.45, 7) is 0. The van der Waals surface area contributed by atoms with Crippen LogP contribution in [0.2, 0.25) is 0 Å². The van der Waals surface area contributed by atoms with Gasteiger partial charge in [0.2, 0.25) is 0 Å². The van der Waals surface area contributed by atoms with Gasteiger partial charge in [-0.25, -0.2) is 27.5 Å². The number of H-pyrrole nitrogens is 1. The van der Waals surface area contributed by atoms with Crippen molar-refractivity contribution in [1.29, 1.82) is 0 Å². The molecule has 3 saturated carbocycles. The van der Waals surface area contributed by atoms with Crippen molar-refractivity contribution in [3.63, 3.8) is 0 Å². The van der Waals surface area contributed by atoms with Gasteiger partial charge >= 0.3 is 5.97 Å². The molecule has 3 aliphatic rings. The molecule has 2 bridgehead atoms. The second kappa shape index (κ2) is 7.93. The van der Waals surface area contributed by atoms with Gasteiger partial charge in [-0.1, -0.05) is 0 Å². The van der Waals surface area contributed by atoms with Gasteiger partial charge in [0.1, 0.15) is 17.5 Å². The number of hydrogen-bond acceptors (Lipinski definition) is 4. The van der Waals surface area contributed by atoms with E-state index in [2.05, 4.69) is 20.3 Å². The van der Waals surface area contributed by atoms with Crippen LogP contribution in [-0.2, 0) is 4.79 Å². The van der Waals surface area contributed by atoms with Crippen molar-refractivity contribution in [2.75, 3.05) is 5.32 Å². The number of aliphatic carboxylic acids is 1. The van der Waals surface area contributed by atoms with E-state index in [9.17, 15) is 27.5 Å². The van der Waals surface area contributed by atoms with Crippen molar-refractivity contribution in [3.8, 4) is 11.4 Å². The molecule has 0 aliphatic heterocycles. The molecule has 7 rings (SSSR count). The van der Waals surface area contributed by atoms with E-state index in [4.69, 9.17) is 0 Å². The van der Waals surface area contributed by atoms with Crippen LogP contribution in [0.1, 0.15) is 25.7 Å². The van der Waals surface area contributed by atoms with Crippen molar-refractivity contribution in [2.45, 2.75) is 31.7 Å². The normalized spacial score (nSPS) is 23.8. The minimum Gasteiger partial charge on any atom is -0.481 e. The fourth-order valence-corrected chi connectivity index (χ4v) is 5.86. The molecule has 180 valence electrons. The van der Waals surface area contributed by atoms with Gasteiger partial charge in [0.25, 0.3) is 0 Å². The lowest BCUT2D eigenvalue weighted by Gasteiger charge is -2.47. The van der Waals surface area contributed by atoms with Gasteiger partial charge in [-0.15, -0.1) is 0 Å². The van der Waals surface area contributed by atoms with Crippen LogP contribution in [-0.4, -0.2) is 32.1 Å². The Kier molecular flexibility index (Phi) is 4.94. The summed E-state index contributed by atoms with van der Waals surface area (Å²) in [5.74, 6) is -5.02. The Morgan fingerprint density at radius 1 is 0.914 bits per heavy atom. The molecular formula is C25H20F4N4O2. The van der Waals surface area contributed by atoms with Crippen molar-refractivity contribution >= 4 is 33.6 Å². The third-order valence-electron chi connectivity index (χ3n) is 7.49. The number of carboxylic acids is 1. The minimum atomic E-state index is -1.11. The number of anilines is 1. The Hall–Kier alpha value is -3.69. The first-order valence-corrected chi connectivity index (χ1v) is 11.4. The molecule has 2 atom stereocenters. The van der Waals surface area contributed by atoms with Crippen LogP contribution in [0.25, 0.3) is 33.2 Å². The van der Waals surface area contributed by atoms with Crippen LogP contribution in [0.4, 0.5) is 23.4 Å². The van der Waals surface area contributed by atoms with Gasteiger partial charge in [0, 0.05) is 40.7 Å². The van der Waals surface area contributed by atoms with E-state index in [1.165, 1.54) is 6.20 Å². The maximum absolute atomic E-state index is 14.2. The number of carbonyl (C=O) groups is 1. The molecular weight excluding hydrogens is 464 g/mol. The number of nitrogens with zero attached hydrogens (tertiary/aromatic N) is 2. The highest BCUT2D eigenvalue weighted by Gasteiger charge is 2.47. The van der Waals surface area contributed by atoms with Gasteiger partial charge in [0.15, 0.2) is 17.5 Å². The lowest BCUT2D eigenvalue weighted by Crippen LogP contribution is -2.51. The molecule has 0 amide bonds. The molecule has 0 saturated heterocycles. The fraction of sp³-hybridized carbons (Fsp3) is 0.320. The quantitative estimate of drug-likeness (QED) is 0.327. The van der Waals surface area contributed by atoms with Crippen molar-refractivity contribution < 1.29 is 27.5 Å². The molecule has 4 aromatic rings. The Labute approximate surface area is 196 Å². The Bertz CT molecular complexity index is 1500. The largest absolute Gasteiger partial charge is 0.481 e. The predicted octanol–water partition coefficient (Wildman–Crippen LogP) is 5.64. The van der Waals surface area contributed by atoms with Crippen LogP contribution >= 0.6 is 0 Å². The van der Waals surface area contributed by atoms with Crippen LogP contribution in [0.5, 0.6) is 0 Å². The van der Waals surface area contributed by atoms with E-state index in [1.807, 2.05) is 0 Å². The third kappa shape index (κ3) is 3.50. The summed E-state index contributed by atoms with van der Waals surface area (Å²) >= 11 is 0. The molecule has 2 aromatic heterocycles. The summed E-state index contributed by atoms with van der Waals surface area (Å²) in [5, 5.41) is 13.5. The van der Waals surface area contributed by atoms with Gasteiger partial charge < -0.3 is 15.4 Å². The number of aromatic amines is 1. The summed E-state index contributed by atoms with van der Waals surface area (Å²) in [4.78, 5) is 23.7. The highest BCUT2D eigenvalue weighted by atomic mass is 19.2. The van der Waals surface area contributed by atoms with Gasteiger partial charge in [-0.2, -0.15) is 0 Å². The molecule has 0 radical (unpaired) electrons. The van der Waals surface area contributed by atoms with Gasteiger partial charge in [-0.05, 0) is 49.7 Å². The topological polar surface area (TPSA) is 90.9 Å². The van der Waals surface area contributed by atoms with E-state index in [0.29, 0.717) is 0 Å². The zero-order valence-corrected chi connectivity index (χ0v) is 18.3. The second-order valence-corrected chi connectivity index (χ2v) is 9.40. The van der Waals surface area contributed by atoms with Gasteiger partial charge in [-0.3, -0.25) is 4.79 Å². The second-order valence-electron chi connectivity index (χ2n) is 9.40. The standard InChI is InChI=1S/C25H20F4N4O2/c26-12-5-13-15(9-30-22(13)18(29)6-12)24-31-19-8-17(28)16(27)7-14(19)23(33-24)32-21-11-3-1-10(2-4-11)20(21)25(34)35/h5-11,20-21,30H,1-4H2,(H,34,35)(H,31,32,33). The van der Waals surface area contributed by atoms with Crippen LogP contribution in [0, 0.1) is 41.0 Å². The summed E-state index contributed by atoms with van der Waals surface area (Å²) < 4.78 is 56.5. The summed E-state index contributed by atoms with van der Waals surface area (Å²) in [6, 6.07) is 3.34. The van der Waals surface area contributed by atoms with E-state index in [-0.39, 0.29) is 50.8 Å². The molecule has 2 heterocycles. The van der Waals surface area contributed by atoms with Crippen molar-refractivity contribution in [3.05, 3.63) is 53.7 Å². The third-order valence-corrected chi connectivity index (χ3v) is 7.49. The SMILES string of the molecule is O=C(O)C1C2CCC(CC2)C1Nc1nc(-c2c[nH]c3c(F)cc(F)cc23)nc2cc(F)c(F)cc12. The van der Waals surface area contributed by atoms with Crippen LogP contribution in [0.3, 0.4) is 0 Å². The minimum absolute atomic E-state index is 0.0244. The van der Waals surface area contributed by atoms with E-state index < -0.39 is 41.2 Å². The average molecular weight is 484 g/mol. The maximum Gasteiger partial charge on any atom is 0.308 e. The highest BCUT2D eigenvalue weighted by molar-refractivity contribution is 5.97. The number of rotatable bonds is 4. The molecule has 6 nitrogen and oxygen atoms in total. The lowest BCUT2D eigenvalue weighted by atomic mass is 9.61. The summed E-state index contributed by atoms with van der Waals surface area (Å²) in [7, 11) is 0. The molecule has 2 unspecified atom stereocenters. The molecule has 2 aromatic carbocycles. The number of hydrogen-bond donors (Lipinski definition) is 3. The average Bonchev–Trinajstić information content (AvgIpc) is 3.25. The van der Waals surface area contributed by atoms with Gasteiger partial charge in [0.05, 0.1) is 17.0 Å². The monoisotopic (exact) mass is 484 g/mol. The zero-order valence-electron chi connectivity index (χ0n) is 18.3. The Balaban J connectivity index is 1.53. The molecule has 3 N–H and O–H groups in total. The fourth-order valence-electron chi connectivity index (χ4n) is 5.86. The number of fused-ring (bicyclic) bond motifs is 5. The summed E-state index contributed by atoms with van der Waals surface area (Å²) in [6.07, 6.45) is 4.82. The number of halogens is 4. The van der Waals surface area contributed by atoms with Crippen LogP contribution < -0.4 is 5.32 Å². The summed E-state index contributed by atoms with van der Waals surface area (Å²) in [5.41, 5.74) is 0.406. The van der Waals surface area contributed by atoms with Crippen molar-refractivity contribution in [1.82, 2.24) is 15.0 Å².